The molecule has 0 spiro atoms. The van der Waals surface area contributed by atoms with E-state index in [2.05, 4.69) is 0 Å². The van der Waals surface area contributed by atoms with E-state index in [0.717, 1.165) is 0 Å². The maximum Gasteiger partial charge on any atom is 0.193 e. The number of carbonyl (C=O) groups excluding carboxylic acids is 1. The Balaban J connectivity index is 2.40. The second-order valence-corrected chi connectivity index (χ2v) is 4.09. The molecule has 88 valence electrons. The number of nitrogens with zero attached hydrogens (tertiary/aromatic N) is 1. The molecule has 0 aliphatic heterocycles. The highest BCUT2D eigenvalue weighted by Gasteiger charge is 2.11. The SMILES string of the molecule is N#Cc1cc(C(=O)c2ccc(O)cc2)ccc1Cl. The second-order valence-electron chi connectivity index (χ2n) is 3.68. The van der Waals surface area contributed by atoms with E-state index in [1.165, 1.54) is 36.4 Å². The van der Waals surface area contributed by atoms with Gasteiger partial charge in [0.1, 0.15) is 11.8 Å². The number of ketones is 1. The standard InChI is InChI=1S/C14H8ClNO2/c15-13-6-3-10(7-11(13)8-16)14(18)9-1-4-12(17)5-2-9/h1-7,17H. The van der Waals surface area contributed by atoms with E-state index in [1.54, 1.807) is 6.07 Å². The van der Waals surface area contributed by atoms with Gasteiger partial charge in [-0.2, -0.15) is 5.26 Å². The Bertz CT molecular complexity index is 642. The highest BCUT2D eigenvalue weighted by molar-refractivity contribution is 6.31. The molecule has 0 bridgehead atoms. The molecular formula is C14H8ClNO2. The van der Waals surface area contributed by atoms with E-state index < -0.39 is 0 Å². The third kappa shape index (κ3) is 2.34. The third-order valence-electron chi connectivity index (χ3n) is 2.48. The van der Waals surface area contributed by atoms with Crippen LogP contribution in [0.4, 0.5) is 0 Å². The summed E-state index contributed by atoms with van der Waals surface area (Å²) >= 11 is 5.80. The number of nitriles is 1. The number of phenolic OH excluding ortho intramolecular Hbond substituents is 1. The minimum atomic E-state index is -0.219. The zero-order valence-corrected chi connectivity index (χ0v) is 9.98. The maximum absolute atomic E-state index is 12.1. The van der Waals surface area contributed by atoms with Crippen LogP contribution < -0.4 is 0 Å². The first-order chi connectivity index (χ1) is 8.61. The van der Waals surface area contributed by atoms with E-state index >= 15 is 0 Å². The number of benzene rings is 2. The van der Waals surface area contributed by atoms with Crippen LogP contribution in [-0.4, -0.2) is 10.9 Å². The van der Waals surface area contributed by atoms with Crippen molar-refractivity contribution in [1.82, 2.24) is 0 Å². The van der Waals surface area contributed by atoms with Crippen LogP contribution in [0.5, 0.6) is 5.75 Å². The first-order valence-corrected chi connectivity index (χ1v) is 5.53. The van der Waals surface area contributed by atoms with Gasteiger partial charge in [0.2, 0.25) is 0 Å². The number of rotatable bonds is 2. The Morgan fingerprint density at radius 3 is 2.33 bits per heavy atom. The van der Waals surface area contributed by atoms with Crippen LogP contribution in [0.25, 0.3) is 0 Å². The number of carbonyl (C=O) groups is 1. The lowest BCUT2D eigenvalue weighted by Crippen LogP contribution is -2.01. The molecule has 18 heavy (non-hydrogen) atoms. The van der Waals surface area contributed by atoms with Crippen molar-refractivity contribution in [3.8, 4) is 11.8 Å². The molecule has 3 nitrogen and oxygen atoms in total. The van der Waals surface area contributed by atoms with Gasteiger partial charge < -0.3 is 5.11 Å². The van der Waals surface area contributed by atoms with Crippen LogP contribution in [0.3, 0.4) is 0 Å². The summed E-state index contributed by atoms with van der Waals surface area (Å²) in [7, 11) is 0. The van der Waals surface area contributed by atoms with Gasteiger partial charge in [-0.1, -0.05) is 11.6 Å². The van der Waals surface area contributed by atoms with Crippen LogP contribution >= 0.6 is 11.6 Å². The molecule has 0 atom stereocenters. The molecule has 0 aliphatic carbocycles. The molecule has 0 heterocycles. The van der Waals surface area contributed by atoms with Crippen LogP contribution in [-0.2, 0) is 0 Å². The molecule has 0 saturated carbocycles. The van der Waals surface area contributed by atoms with Crippen molar-refractivity contribution in [3.05, 3.63) is 64.2 Å². The lowest BCUT2D eigenvalue weighted by Gasteiger charge is -2.03. The summed E-state index contributed by atoms with van der Waals surface area (Å²) < 4.78 is 0. The third-order valence-corrected chi connectivity index (χ3v) is 2.81. The van der Waals surface area contributed by atoms with Gasteiger partial charge in [0, 0.05) is 11.1 Å². The molecular weight excluding hydrogens is 250 g/mol. The van der Waals surface area contributed by atoms with Crippen molar-refractivity contribution in [2.24, 2.45) is 0 Å². The summed E-state index contributed by atoms with van der Waals surface area (Å²) in [6, 6.07) is 12.4. The van der Waals surface area contributed by atoms with Gasteiger partial charge in [-0.25, -0.2) is 0 Å². The van der Waals surface area contributed by atoms with Crippen molar-refractivity contribution in [1.29, 1.82) is 5.26 Å². The van der Waals surface area contributed by atoms with Gasteiger partial charge in [0.15, 0.2) is 5.78 Å². The smallest absolute Gasteiger partial charge is 0.193 e. The number of halogens is 1. The molecule has 0 unspecified atom stereocenters. The monoisotopic (exact) mass is 257 g/mol. The Labute approximate surface area is 109 Å². The molecule has 1 N–H and O–H groups in total. The topological polar surface area (TPSA) is 61.1 Å². The Morgan fingerprint density at radius 2 is 1.72 bits per heavy atom. The largest absolute Gasteiger partial charge is 0.508 e. The van der Waals surface area contributed by atoms with E-state index in [0.29, 0.717) is 16.1 Å². The van der Waals surface area contributed by atoms with Gasteiger partial charge in [-0.15, -0.1) is 0 Å². The number of aromatic hydroxyl groups is 1. The Hall–Kier alpha value is -2.31. The summed E-state index contributed by atoms with van der Waals surface area (Å²) in [6.07, 6.45) is 0. The molecule has 2 aromatic rings. The van der Waals surface area contributed by atoms with E-state index in [9.17, 15) is 4.79 Å². The van der Waals surface area contributed by atoms with Crippen molar-refractivity contribution in [2.45, 2.75) is 0 Å². The molecule has 4 heteroatoms. The average molecular weight is 258 g/mol. The first kappa shape index (κ1) is 12.2. The highest BCUT2D eigenvalue weighted by Crippen LogP contribution is 2.19. The maximum atomic E-state index is 12.1. The van der Waals surface area contributed by atoms with E-state index in [1.807, 2.05) is 6.07 Å². The van der Waals surface area contributed by atoms with E-state index in [4.69, 9.17) is 22.0 Å². The first-order valence-electron chi connectivity index (χ1n) is 5.15. The van der Waals surface area contributed by atoms with Crippen LogP contribution in [0.2, 0.25) is 5.02 Å². The Kier molecular flexibility index (Phi) is 3.31. The molecule has 2 aromatic carbocycles. The molecule has 0 radical (unpaired) electrons. The van der Waals surface area contributed by atoms with Crippen LogP contribution in [0.15, 0.2) is 42.5 Å². The quantitative estimate of drug-likeness (QED) is 0.841. The fourth-order valence-electron chi connectivity index (χ4n) is 1.53. The van der Waals surface area contributed by atoms with Gasteiger partial charge in [-0.3, -0.25) is 4.79 Å². The fourth-order valence-corrected chi connectivity index (χ4v) is 1.69. The van der Waals surface area contributed by atoms with E-state index in [-0.39, 0.29) is 17.1 Å². The summed E-state index contributed by atoms with van der Waals surface area (Å²) in [4.78, 5) is 12.1. The Morgan fingerprint density at radius 1 is 1.11 bits per heavy atom. The van der Waals surface area contributed by atoms with Crippen molar-refractivity contribution >= 4 is 17.4 Å². The van der Waals surface area contributed by atoms with Gasteiger partial charge in [0.25, 0.3) is 0 Å². The number of phenols is 1. The zero-order valence-electron chi connectivity index (χ0n) is 9.22. The second kappa shape index (κ2) is 4.91. The highest BCUT2D eigenvalue weighted by atomic mass is 35.5. The van der Waals surface area contributed by atoms with Crippen LogP contribution in [0.1, 0.15) is 21.5 Å². The minimum Gasteiger partial charge on any atom is -0.508 e. The predicted octanol–water partition coefficient (Wildman–Crippen LogP) is 3.15. The lowest BCUT2D eigenvalue weighted by atomic mass is 10.0. The van der Waals surface area contributed by atoms with Gasteiger partial charge in [0.05, 0.1) is 10.6 Å². The summed E-state index contributed by atoms with van der Waals surface area (Å²) in [5, 5.41) is 18.3. The van der Waals surface area contributed by atoms with Gasteiger partial charge >= 0.3 is 0 Å². The zero-order chi connectivity index (χ0) is 13.1. The summed E-state index contributed by atoms with van der Waals surface area (Å²) in [6.45, 7) is 0. The molecule has 0 aromatic heterocycles. The van der Waals surface area contributed by atoms with Crippen molar-refractivity contribution in [3.63, 3.8) is 0 Å². The predicted molar refractivity (Wildman–Crippen MR) is 67.7 cm³/mol. The normalized spacial score (nSPS) is 9.78. The summed E-state index contributed by atoms with van der Waals surface area (Å²) in [5.41, 5.74) is 1.10. The molecule has 0 aliphatic rings. The molecule has 0 fully saturated rings. The van der Waals surface area contributed by atoms with Crippen LogP contribution in [0, 0.1) is 11.3 Å². The molecule has 2 rings (SSSR count). The van der Waals surface area contributed by atoms with Crippen molar-refractivity contribution in [2.75, 3.05) is 0 Å². The number of hydrogen-bond donors (Lipinski definition) is 1. The number of hydrogen-bond acceptors (Lipinski definition) is 3. The molecule has 0 amide bonds. The van der Waals surface area contributed by atoms with Gasteiger partial charge in [-0.05, 0) is 42.5 Å². The molecule has 0 saturated heterocycles. The lowest BCUT2D eigenvalue weighted by molar-refractivity contribution is 0.103. The summed E-state index contributed by atoms with van der Waals surface area (Å²) in [5.74, 6) is -0.122. The van der Waals surface area contributed by atoms with Crippen molar-refractivity contribution < 1.29 is 9.90 Å². The minimum absolute atomic E-state index is 0.0976. The fraction of sp³-hybridized carbons (Fsp3) is 0. The average Bonchev–Trinajstić information content (AvgIpc) is 2.39.